The van der Waals surface area contributed by atoms with Gasteiger partial charge in [0.1, 0.15) is 0 Å². The molecule has 140 valence electrons. The molecule has 0 unspecified atom stereocenters. The number of aromatic nitrogens is 1. The number of imide groups is 1. The van der Waals surface area contributed by atoms with Gasteiger partial charge < -0.3 is 10.6 Å². The predicted molar refractivity (Wildman–Crippen MR) is 111 cm³/mol. The summed E-state index contributed by atoms with van der Waals surface area (Å²) in [5.41, 5.74) is 0. The van der Waals surface area contributed by atoms with Crippen LogP contribution in [0, 0.1) is 0 Å². The number of carbonyl (C=O) groups excluding carboxylic acids is 2. The van der Waals surface area contributed by atoms with E-state index >= 15 is 0 Å². The van der Waals surface area contributed by atoms with E-state index < -0.39 is 0 Å². The zero-order valence-corrected chi connectivity index (χ0v) is 17.9. The maximum Gasteiger partial charge on any atom is 0.229 e. The molecule has 2 rings (SSSR count). The van der Waals surface area contributed by atoms with Crippen LogP contribution in [-0.2, 0) is 22.4 Å². The Morgan fingerprint density at radius 2 is 1.96 bits per heavy atom. The van der Waals surface area contributed by atoms with Crippen molar-refractivity contribution in [2.24, 2.45) is 4.99 Å². The van der Waals surface area contributed by atoms with E-state index in [0.717, 1.165) is 24.4 Å². The van der Waals surface area contributed by atoms with Crippen LogP contribution >= 0.6 is 35.3 Å². The van der Waals surface area contributed by atoms with Gasteiger partial charge in [0.15, 0.2) is 5.96 Å². The van der Waals surface area contributed by atoms with Gasteiger partial charge in [0.2, 0.25) is 11.8 Å². The predicted octanol–water partition coefficient (Wildman–Crippen LogP) is 1.57. The number of amides is 2. The molecule has 1 fully saturated rings. The Hall–Kier alpha value is -1.23. The zero-order valence-electron chi connectivity index (χ0n) is 14.7. The van der Waals surface area contributed by atoms with E-state index in [9.17, 15) is 9.59 Å². The average Bonchev–Trinajstić information content (AvgIpc) is 3.04. The minimum absolute atomic E-state index is 0. The first kappa shape index (κ1) is 21.8. The normalized spacial score (nSPS) is 15.1. The molecular weight excluding hydrogens is 453 g/mol. The summed E-state index contributed by atoms with van der Waals surface area (Å²) in [6.07, 6.45) is 5.39. The first-order valence-corrected chi connectivity index (χ1v) is 9.17. The highest BCUT2D eigenvalue weighted by molar-refractivity contribution is 14.0. The van der Waals surface area contributed by atoms with Gasteiger partial charge in [-0.15, -0.1) is 35.3 Å². The van der Waals surface area contributed by atoms with Gasteiger partial charge in [-0.3, -0.25) is 19.5 Å². The number of aryl methyl sites for hydroxylation is 1. The molecule has 1 aliphatic heterocycles. The van der Waals surface area contributed by atoms with Crippen molar-refractivity contribution in [2.75, 3.05) is 26.7 Å². The molecule has 0 radical (unpaired) electrons. The molecule has 1 aromatic rings. The van der Waals surface area contributed by atoms with Crippen molar-refractivity contribution in [3.8, 4) is 0 Å². The third-order valence-corrected chi connectivity index (χ3v) is 5.02. The fourth-order valence-corrected chi connectivity index (χ4v) is 3.33. The Morgan fingerprint density at radius 1 is 1.28 bits per heavy atom. The van der Waals surface area contributed by atoms with Crippen LogP contribution in [0.3, 0.4) is 0 Å². The molecule has 0 saturated carbocycles. The number of guanidine groups is 1. The van der Waals surface area contributed by atoms with Crippen molar-refractivity contribution < 1.29 is 9.59 Å². The van der Waals surface area contributed by atoms with Crippen LogP contribution in [0.5, 0.6) is 0 Å². The number of thiazole rings is 1. The lowest BCUT2D eigenvalue weighted by atomic mass is 10.1. The summed E-state index contributed by atoms with van der Waals surface area (Å²) in [6.45, 7) is 3.73. The Morgan fingerprint density at radius 3 is 2.56 bits per heavy atom. The quantitative estimate of drug-likeness (QED) is 0.269. The highest BCUT2D eigenvalue weighted by Crippen LogP contribution is 2.13. The molecule has 25 heavy (non-hydrogen) atoms. The molecule has 2 heterocycles. The Labute approximate surface area is 169 Å². The topological polar surface area (TPSA) is 86.7 Å². The summed E-state index contributed by atoms with van der Waals surface area (Å²) in [7, 11) is 1.70. The molecule has 7 nitrogen and oxygen atoms in total. The fraction of sp³-hybridized carbons (Fsp3) is 0.625. The van der Waals surface area contributed by atoms with Crippen LogP contribution in [0.15, 0.2) is 11.2 Å². The van der Waals surface area contributed by atoms with Crippen LogP contribution in [0.2, 0.25) is 0 Å². The smallest absolute Gasteiger partial charge is 0.229 e. The number of likely N-dealkylation sites (tertiary alicyclic amines) is 1. The monoisotopic (exact) mass is 479 g/mol. The number of piperidine rings is 1. The molecule has 2 N–H and O–H groups in total. The van der Waals surface area contributed by atoms with Crippen LogP contribution < -0.4 is 10.6 Å². The first-order valence-electron chi connectivity index (χ1n) is 8.35. The average molecular weight is 479 g/mol. The minimum atomic E-state index is -0.0773. The second-order valence-electron chi connectivity index (χ2n) is 5.54. The van der Waals surface area contributed by atoms with Crippen LogP contribution in [0.1, 0.15) is 36.1 Å². The summed E-state index contributed by atoms with van der Waals surface area (Å²) in [5.74, 6) is 0.511. The van der Waals surface area contributed by atoms with Crippen LogP contribution in [0.4, 0.5) is 0 Å². The van der Waals surface area contributed by atoms with Gasteiger partial charge in [0.25, 0.3) is 0 Å². The van der Waals surface area contributed by atoms with E-state index in [2.05, 4.69) is 27.5 Å². The standard InChI is InChI=1S/C16H25N5O2S.HI/c1-3-12-11-20-13(24-12)7-8-18-16(17-2)19-9-10-21-14(22)5-4-6-15(21)23;/h11H,3-10H2,1-2H3,(H2,17,18,19);1H. The van der Waals surface area contributed by atoms with E-state index in [1.54, 1.807) is 18.4 Å². The SMILES string of the molecule is CCc1cnc(CCNC(=NC)NCCN2C(=O)CCCC2=O)s1.I. The van der Waals surface area contributed by atoms with Gasteiger partial charge >= 0.3 is 0 Å². The fourth-order valence-electron chi connectivity index (χ4n) is 2.47. The summed E-state index contributed by atoms with van der Waals surface area (Å²) >= 11 is 1.74. The van der Waals surface area contributed by atoms with E-state index in [4.69, 9.17) is 0 Å². The molecule has 0 aliphatic carbocycles. The third kappa shape index (κ3) is 6.89. The molecule has 0 atom stereocenters. The molecule has 1 saturated heterocycles. The van der Waals surface area contributed by atoms with Gasteiger partial charge in [-0.2, -0.15) is 0 Å². The van der Waals surface area contributed by atoms with E-state index in [0.29, 0.717) is 38.3 Å². The van der Waals surface area contributed by atoms with Crippen molar-refractivity contribution in [1.82, 2.24) is 20.5 Å². The zero-order chi connectivity index (χ0) is 17.4. The van der Waals surface area contributed by atoms with Gasteiger partial charge in [0, 0.05) is 57.0 Å². The highest BCUT2D eigenvalue weighted by atomic mass is 127. The summed E-state index contributed by atoms with van der Waals surface area (Å²) in [4.78, 5) is 34.6. The number of nitrogens with zero attached hydrogens (tertiary/aromatic N) is 3. The molecule has 0 bridgehead atoms. The molecule has 1 aromatic heterocycles. The van der Waals surface area contributed by atoms with Crippen LogP contribution in [-0.4, -0.2) is 54.3 Å². The number of halogens is 1. The maximum atomic E-state index is 11.7. The van der Waals surface area contributed by atoms with Crippen molar-refractivity contribution in [1.29, 1.82) is 0 Å². The van der Waals surface area contributed by atoms with E-state index in [1.165, 1.54) is 9.78 Å². The molecular formula is C16H26IN5O2S. The van der Waals surface area contributed by atoms with E-state index in [1.807, 2.05) is 6.20 Å². The van der Waals surface area contributed by atoms with Gasteiger partial charge in [-0.25, -0.2) is 4.98 Å². The molecule has 1 aliphatic rings. The molecule has 0 aromatic carbocycles. The van der Waals surface area contributed by atoms with Gasteiger partial charge in [0.05, 0.1) is 5.01 Å². The lowest BCUT2D eigenvalue weighted by Gasteiger charge is -2.25. The second-order valence-corrected chi connectivity index (χ2v) is 6.74. The lowest BCUT2D eigenvalue weighted by Crippen LogP contribution is -2.46. The molecule has 0 spiro atoms. The summed E-state index contributed by atoms with van der Waals surface area (Å²) in [6, 6.07) is 0. The van der Waals surface area contributed by atoms with Crippen molar-refractivity contribution in [3.63, 3.8) is 0 Å². The van der Waals surface area contributed by atoms with Crippen molar-refractivity contribution in [3.05, 3.63) is 16.1 Å². The van der Waals surface area contributed by atoms with Crippen molar-refractivity contribution >= 4 is 53.1 Å². The first-order chi connectivity index (χ1) is 11.6. The molecule has 2 amide bonds. The van der Waals surface area contributed by atoms with Crippen molar-refractivity contribution in [2.45, 2.75) is 39.0 Å². The summed E-state index contributed by atoms with van der Waals surface area (Å²) < 4.78 is 0. The van der Waals surface area contributed by atoms with Gasteiger partial charge in [-0.1, -0.05) is 6.92 Å². The molecule has 9 heteroatoms. The highest BCUT2D eigenvalue weighted by Gasteiger charge is 2.25. The Balaban J connectivity index is 0.00000312. The number of hydrogen-bond acceptors (Lipinski definition) is 5. The largest absolute Gasteiger partial charge is 0.356 e. The number of rotatable bonds is 7. The second kappa shape index (κ2) is 11.4. The Bertz CT molecular complexity index is 589. The van der Waals surface area contributed by atoms with Crippen LogP contribution in [0.25, 0.3) is 0 Å². The number of carbonyl (C=O) groups is 2. The summed E-state index contributed by atoms with van der Waals surface area (Å²) in [5, 5.41) is 7.47. The maximum absolute atomic E-state index is 11.7. The number of hydrogen-bond donors (Lipinski definition) is 2. The van der Waals surface area contributed by atoms with Gasteiger partial charge in [-0.05, 0) is 12.8 Å². The third-order valence-electron chi connectivity index (χ3n) is 3.82. The number of nitrogens with one attached hydrogen (secondary N) is 2. The minimum Gasteiger partial charge on any atom is -0.356 e. The lowest BCUT2D eigenvalue weighted by molar-refractivity contribution is -0.147. The number of aliphatic imine (C=N–C) groups is 1. The Kier molecular flexibility index (Phi) is 9.94. The van der Waals surface area contributed by atoms with E-state index in [-0.39, 0.29) is 35.8 Å².